The lowest BCUT2D eigenvalue weighted by atomic mass is 10.5. The van der Waals surface area contributed by atoms with Crippen molar-refractivity contribution in [2.24, 2.45) is 0 Å². The number of thiophene rings is 1. The van der Waals surface area contributed by atoms with Gasteiger partial charge >= 0.3 is 0 Å². The first-order chi connectivity index (χ1) is 6.34. The number of rotatable bonds is 3. The first kappa shape index (κ1) is 8.64. The Balaban J connectivity index is 1.93. The van der Waals surface area contributed by atoms with E-state index < -0.39 is 0 Å². The summed E-state index contributed by atoms with van der Waals surface area (Å²) >= 11 is 5.06. The smallest absolute Gasteiger partial charge is 0.263 e. The van der Waals surface area contributed by atoms with Gasteiger partial charge in [0.05, 0.1) is 6.54 Å². The molecule has 13 heavy (non-hydrogen) atoms. The molecule has 5 nitrogen and oxygen atoms in total. The molecule has 68 valence electrons. The maximum absolute atomic E-state index is 3.77. The fourth-order valence-corrected chi connectivity index (χ4v) is 2.24. The van der Waals surface area contributed by atoms with Crippen molar-refractivity contribution in [2.45, 2.75) is 6.54 Å². The van der Waals surface area contributed by atoms with Gasteiger partial charge in [0.25, 0.3) is 5.95 Å². The number of hydrogen-bond donors (Lipinski definition) is 2. The summed E-state index contributed by atoms with van der Waals surface area (Å²) in [4.78, 5) is 1.22. The number of halogens is 1. The van der Waals surface area contributed by atoms with E-state index in [9.17, 15) is 0 Å². The number of tetrazole rings is 1. The zero-order chi connectivity index (χ0) is 9.10. The fraction of sp³-hybridized carbons (Fsp3) is 0.167. The van der Waals surface area contributed by atoms with Gasteiger partial charge in [-0.05, 0) is 27.2 Å². The first-order valence-electron chi connectivity index (χ1n) is 3.55. The lowest BCUT2D eigenvalue weighted by Crippen LogP contribution is -1.98. The lowest BCUT2D eigenvalue weighted by molar-refractivity contribution is 0.881. The standard InChI is InChI=1S/C6H6BrN5S/c7-4-1-5(13-3-4)2-8-6-9-11-12-10-6/h1,3H,2H2,(H2,8,9,10,11,12). The predicted molar refractivity (Wildman–Crippen MR) is 53.5 cm³/mol. The van der Waals surface area contributed by atoms with E-state index in [1.807, 2.05) is 5.38 Å². The van der Waals surface area contributed by atoms with E-state index in [0.717, 1.165) is 11.0 Å². The quantitative estimate of drug-likeness (QED) is 0.880. The van der Waals surface area contributed by atoms with Gasteiger partial charge in [0, 0.05) is 14.7 Å². The molecule has 0 aliphatic rings. The third-order valence-electron chi connectivity index (χ3n) is 1.39. The molecule has 0 atom stereocenters. The van der Waals surface area contributed by atoms with Crippen molar-refractivity contribution in [1.82, 2.24) is 20.6 Å². The Morgan fingerprint density at radius 3 is 3.15 bits per heavy atom. The Bertz CT molecular complexity index is 370. The van der Waals surface area contributed by atoms with E-state index in [2.05, 4.69) is 47.9 Å². The Morgan fingerprint density at radius 1 is 1.62 bits per heavy atom. The van der Waals surface area contributed by atoms with Gasteiger partial charge in [-0.1, -0.05) is 5.10 Å². The number of nitrogens with zero attached hydrogens (tertiary/aromatic N) is 3. The highest BCUT2D eigenvalue weighted by Crippen LogP contribution is 2.19. The molecule has 0 bridgehead atoms. The summed E-state index contributed by atoms with van der Waals surface area (Å²) in [7, 11) is 0. The van der Waals surface area contributed by atoms with Gasteiger partial charge in [-0.3, -0.25) is 0 Å². The summed E-state index contributed by atoms with van der Waals surface area (Å²) < 4.78 is 1.10. The molecule has 7 heteroatoms. The highest BCUT2D eigenvalue weighted by atomic mass is 79.9. The van der Waals surface area contributed by atoms with Crippen LogP contribution in [0.2, 0.25) is 0 Å². The van der Waals surface area contributed by atoms with E-state index in [1.165, 1.54) is 4.88 Å². The van der Waals surface area contributed by atoms with Gasteiger partial charge in [0.15, 0.2) is 0 Å². The maximum atomic E-state index is 3.77. The Kier molecular flexibility index (Phi) is 2.55. The molecule has 0 spiro atoms. The van der Waals surface area contributed by atoms with Gasteiger partial charge < -0.3 is 5.32 Å². The molecule has 0 aliphatic carbocycles. The highest BCUT2D eigenvalue weighted by molar-refractivity contribution is 9.10. The van der Waals surface area contributed by atoms with Crippen LogP contribution in [0.3, 0.4) is 0 Å². The van der Waals surface area contributed by atoms with Crippen LogP contribution in [0.1, 0.15) is 4.88 Å². The number of aromatic nitrogens is 4. The van der Waals surface area contributed by atoms with Gasteiger partial charge in [0.1, 0.15) is 0 Å². The molecule has 2 heterocycles. The zero-order valence-corrected chi connectivity index (χ0v) is 8.89. The van der Waals surface area contributed by atoms with Crippen molar-refractivity contribution < 1.29 is 0 Å². The summed E-state index contributed by atoms with van der Waals surface area (Å²) in [5.41, 5.74) is 0. The van der Waals surface area contributed by atoms with E-state index in [4.69, 9.17) is 0 Å². The summed E-state index contributed by atoms with van der Waals surface area (Å²) in [6, 6.07) is 2.05. The monoisotopic (exact) mass is 259 g/mol. The zero-order valence-electron chi connectivity index (χ0n) is 6.49. The molecule has 0 aliphatic heterocycles. The third-order valence-corrected chi connectivity index (χ3v) is 3.09. The van der Waals surface area contributed by atoms with Crippen LogP contribution in [0.15, 0.2) is 15.9 Å². The minimum atomic E-state index is 0.518. The molecule has 2 aromatic heterocycles. The molecular weight excluding hydrogens is 254 g/mol. The second-order valence-electron chi connectivity index (χ2n) is 2.32. The molecule has 0 radical (unpaired) electrons. The molecule has 0 saturated heterocycles. The van der Waals surface area contributed by atoms with Crippen molar-refractivity contribution in [1.29, 1.82) is 0 Å². The Hall–Kier alpha value is -0.950. The van der Waals surface area contributed by atoms with Crippen LogP contribution in [0, 0.1) is 0 Å². The topological polar surface area (TPSA) is 66.5 Å². The normalized spacial score (nSPS) is 10.2. The van der Waals surface area contributed by atoms with Crippen molar-refractivity contribution >= 4 is 33.2 Å². The second-order valence-corrected chi connectivity index (χ2v) is 4.23. The molecule has 0 fully saturated rings. The van der Waals surface area contributed by atoms with E-state index in [-0.39, 0.29) is 0 Å². The molecule has 2 aromatic rings. The molecule has 2 rings (SSSR count). The van der Waals surface area contributed by atoms with E-state index in [0.29, 0.717) is 5.95 Å². The largest absolute Gasteiger partial charge is 0.347 e. The summed E-state index contributed by atoms with van der Waals surface area (Å²) in [5, 5.41) is 18.4. The third kappa shape index (κ3) is 2.25. The van der Waals surface area contributed by atoms with Crippen LogP contribution in [0.5, 0.6) is 0 Å². The Morgan fingerprint density at radius 2 is 2.54 bits per heavy atom. The Labute approximate surface area is 86.7 Å². The van der Waals surface area contributed by atoms with Gasteiger partial charge in [-0.2, -0.15) is 5.21 Å². The second kappa shape index (κ2) is 3.84. The summed E-state index contributed by atoms with van der Waals surface area (Å²) in [6.07, 6.45) is 0. The van der Waals surface area contributed by atoms with Gasteiger partial charge in [-0.25, -0.2) is 0 Å². The summed E-state index contributed by atoms with van der Waals surface area (Å²) in [6.45, 7) is 0.718. The van der Waals surface area contributed by atoms with E-state index in [1.54, 1.807) is 11.3 Å². The molecular formula is C6H6BrN5S. The first-order valence-corrected chi connectivity index (χ1v) is 5.22. The van der Waals surface area contributed by atoms with Crippen molar-refractivity contribution in [2.75, 3.05) is 5.32 Å². The minimum Gasteiger partial charge on any atom is -0.347 e. The SMILES string of the molecule is Brc1csc(CNc2nn[nH]n2)c1. The van der Waals surface area contributed by atoms with Gasteiger partial charge in [-0.15, -0.1) is 16.4 Å². The predicted octanol–water partition coefficient (Wildman–Crippen LogP) is 1.64. The molecule has 0 saturated carbocycles. The number of aromatic amines is 1. The van der Waals surface area contributed by atoms with Crippen LogP contribution in [-0.4, -0.2) is 20.6 Å². The molecule has 2 N–H and O–H groups in total. The fourth-order valence-electron chi connectivity index (χ4n) is 0.849. The van der Waals surface area contributed by atoms with Crippen molar-refractivity contribution in [3.8, 4) is 0 Å². The highest BCUT2D eigenvalue weighted by Gasteiger charge is 1.99. The van der Waals surface area contributed by atoms with E-state index >= 15 is 0 Å². The number of anilines is 1. The number of hydrogen-bond acceptors (Lipinski definition) is 5. The van der Waals surface area contributed by atoms with Crippen LogP contribution >= 0.6 is 27.3 Å². The number of nitrogens with one attached hydrogen (secondary N) is 2. The van der Waals surface area contributed by atoms with Crippen LogP contribution < -0.4 is 5.32 Å². The molecule has 0 aromatic carbocycles. The average Bonchev–Trinajstić information content (AvgIpc) is 2.71. The van der Waals surface area contributed by atoms with Crippen molar-refractivity contribution in [3.05, 3.63) is 20.8 Å². The number of H-pyrrole nitrogens is 1. The summed E-state index contributed by atoms with van der Waals surface area (Å²) in [5.74, 6) is 0.518. The average molecular weight is 260 g/mol. The molecule has 0 unspecified atom stereocenters. The lowest BCUT2D eigenvalue weighted by Gasteiger charge is -1.95. The van der Waals surface area contributed by atoms with Crippen LogP contribution in [0.25, 0.3) is 0 Å². The van der Waals surface area contributed by atoms with Gasteiger partial charge in [0.2, 0.25) is 0 Å². The van der Waals surface area contributed by atoms with Crippen LogP contribution in [0.4, 0.5) is 5.95 Å². The molecule has 0 amide bonds. The maximum Gasteiger partial charge on any atom is 0.263 e. The van der Waals surface area contributed by atoms with Crippen molar-refractivity contribution in [3.63, 3.8) is 0 Å². The van der Waals surface area contributed by atoms with Crippen LogP contribution in [-0.2, 0) is 6.54 Å². The minimum absolute atomic E-state index is 0.518.